The van der Waals surface area contributed by atoms with E-state index in [9.17, 15) is 4.79 Å². The van der Waals surface area contributed by atoms with E-state index >= 15 is 0 Å². The molecule has 4 rings (SSSR count). The first-order chi connectivity index (χ1) is 12.6. The van der Waals surface area contributed by atoms with Gasteiger partial charge in [-0.15, -0.1) is 0 Å². The Hall–Kier alpha value is -3.40. The van der Waals surface area contributed by atoms with Gasteiger partial charge in [0.15, 0.2) is 5.70 Å². The van der Waals surface area contributed by atoms with Gasteiger partial charge in [0.2, 0.25) is 5.90 Å². The highest BCUT2D eigenvalue weighted by atomic mass is 16.6. The van der Waals surface area contributed by atoms with Crippen LogP contribution < -0.4 is 4.90 Å². The Morgan fingerprint density at radius 1 is 0.885 bits per heavy atom. The van der Waals surface area contributed by atoms with Crippen LogP contribution >= 0.6 is 0 Å². The van der Waals surface area contributed by atoms with E-state index in [-0.39, 0.29) is 0 Å². The standard InChI is InChI=1S/C22H18N2O2/c1-24(2)20-13-12-16(17-10-6-7-11-18(17)20)14-19-22(25)26-21(23-19)15-8-4-3-5-9-15/h3-14H,1-2H3/b19-14+. The zero-order valence-corrected chi connectivity index (χ0v) is 14.6. The number of aliphatic imine (C=N–C) groups is 1. The molecule has 0 radical (unpaired) electrons. The average Bonchev–Trinajstić information content (AvgIpc) is 3.03. The normalized spacial score (nSPS) is 15.2. The molecule has 4 heteroatoms. The van der Waals surface area contributed by atoms with Crippen LogP contribution in [0.2, 0.25) is 0 Å². The summed E-state index contributed by atoms with van der Waals surface area (Å²) in [6.45, 7) is 0. The molecule has 1 aliphatic heterocycles. The molecule has 0 saturated heterocycles. The van der Waals surface area contributed by atoms with E-state index in [0.29, 0.717) is 11.6 Å². The van der Waals surface area contributed by atoms with Gasteiger partial charge in [-0.25, -0.2) is 9.79 Å². The van der Waals surface area contributed by atoms with Crippen LogP contribution in [-0.2, 0) is 9.53 Å². The molecular formula is C22H18N2O2. The fourth-order valence-electron chi connectivity index (χ4n) is 3.08. The van der Waals surface area contributed by atoms with Gasteiger partial charge in [0, 0.05) is 30.7 Å². The molecule has 1 aliphatic rings. The van der Waals surface area contributed by atoms with Crippen molar-refractivity contribution in [1.29, 1.82) is 0 Å². The minimum Gasteiger partial charge on any atom is -0.402 e. The van der Waals surface area contributed by atoms with Crippen LogP contribution in [0.3, 0.4) is 0 Å². The highest BCUT2D eigenvalue weighted by Gasteiger charge is 2.24. The van der Waals surface area contributed by atoms with Crippen molar-refractivity contribution in [2.75, 3.05) is 19.0 Å². The minimum absolute atomic E-state index is 0.312. The molecule has 4 nitrogen and oxygen atoms in total. The quantitative estimate of drug-likeness (QED) is 0.528. The lowest BCUT2D eigenvalue weighted by molar-refractivity contribution is -0.129. The lowest BCUT2D eigenvalue weighted by Crippen LogP contribution is -2.09. The number of carbonyl (C=O) groups excluding carboxylic acids is 1. The van der Waals surface area contributed by atoms with Gasteiger partial charge in [0.1, 0.15) is 0 Å². The zero-order chi connectivity index (χ0) is 18.1. The highest BCUT2D eigenvalue weighted by Crippen LogP contribution is 2.30. The van der Waals surface area contributed by atoms with Crippen LogP contribution in [0.5, 0.6) is 0 Å². The Kier molecular flexibility index (Phi) is 4.01. The lowest BCUT2D eigenvalue weighted by atomic mass is 10.0. The number of benzene rings is 3. The van der Waals surface area contributed by atoms with Gasteiger partial charge < -0.3 is 9.64 Å². The Balaban J connectivity index is 1.81. The van der Waals surface area contributed by atoms with Crippen LogP contribution in [0.4, 0.5) is 5.69 Å². The third kappa shape index (κ3) is 2.86. The molecule has 0 fully saturated rings. The molecule has 0 atom stereocenters. The predicted octanol–water partition coefficient (Wildman–Crippen LogP) is 4.25. The summed E-state index contributed by atoms with van der Waals surface area (Å²) in [6.07, 6.45) is 1.79. The number of hydrogen-bond acceptors (Lipinski definition) is 4. The highest BCUT2D eigenvalue weighted by molar-refractivity contribution is 6.13. The van der Waals surface area contributed by atoms with Crippen molar-refractivity contribution in [3.8, 4) is 0 Å². The summed E-state index contributed by atoms with van der Waals surface area (Å²) < 4.78 is 5.34. The van der Waals surface area contributed by atoms with Gasteiger partial charge in [-0.3, -0.25) is 0 Å². The van der Waals surface area contributed by atoms with E-state index in [0.717, 1.165) is 27.6 Å². The zero-order valence-electron chi connectivity index (χ0n) is 14.6. The summed E-state index contributed by atoms with van der Waals surface area (Å²) in [5.74, 6) is -0.0827. The van der Waals surface area contributed by atoms with Crippen molar-refractivity contribution in [1.82, 2.24) is 0 Å². The number of fused-ring (bicyclic) bond motifs is 1. The Labute approximate surface area is 152 Å². The predicted molar refractivity (Wildman–Crippen MR) is 105 cm³/mol. The molecule has 3 aromatic rings. The van der Waals surface area contributed by atoms with Gasteiger partial charge in [0.05, 0.1) is 0 Å². The SMILES string of the molecule is CN(C)c1ccc(/C=C2/N=C(c3ccccc3)OC2=O)c2ccccc12. The number of esters is 1. The molecule has 0 aromatic heterocycles. The summed E-state index contributed by atoms with van der Waals surface area (Å²) >= 11 is 0. The second-order valence-corrected chi connectivity index (χ2v) is 6.32. The molecular weight excluding hydrogens is 324 g/mol. The van der Waals surface area contributed by atoms with Crippen LogP contribution in [0.1, 0.15) is 11.1 Å². The monoisotopic (exact) mass is 342 g/mol. The maximum absolute atomic E-state index is 12.3. The smallest absolute Gasteiger partial charge is 0.363 e. The van der Waals surface area contributed by atoms with Gasteiger partial charge in [-0.05, 0) is 35.2 Å². The first-order valence-corrected chi connectivity index (χ1v) is 8.40. The van der Waals surface area contributed by atoms with Crippen molar-refractivity contribution in [3.63, 3.8) is 0 Å². The van der Waals surface area contributed by atoms with Crippen molar-refractivity contribution in [2.45, 2.75) is 0 Å². The van der Waals surface area contributed by atoms with Crippen LogP contribution in [-0.4, -0.2) is 26.0 Å². The minimum atomic E-state index is -0.426. The van der Waals surface area contributed by atoms with Gasteiger partial charge >= 0.3 is 5.97 Å². The fraction of sp³-hybridized carbons (Fsp3) is 0.0909. The third-order valence-corrected chi connectivity index (χ3v) is 4.35. The molecule has 0 spiro atoms. The van der Waals surface area contributed by atoms with Crippen molar-refractivity contribution < 1.29 is 9.53 Å². The number of cyclic esters (lactones) is 1. The number of nitrogens with zero attached hydrogens (tertiary/aromatic N) is 2. The van der Waals surface area contributed by atoms with Crippen LogP contribution in [0.15, 0.2) is 77.4 Å². The molecule has 0 N–H and O–H groups in total. The number of ether oxygens (including phenoxy) is 1. The summed E-state index contributed by atoms with van der Waals surface area (Å²) in [6, 6.07) is 21.6. The molecule has 0 saturated carbocycles. The molecule has 128 valence electrons. The Morgan fingerprint density at radius 2 is 1.58 bits per heavy atom. The van der Waals surface area contributed by atoms with E-state index in [1.807, 2.05) is 62.6 Å². The van der Waals surface area contributed by atoms with E-state index < -0.39 is 5.97 Å². The molecule has 0 aliphatic carbocycles. The molecule has 3 aromatic carbocycles. The van der Waals surface area contributed by atoms with Gasteiger partial charge in [-0.2, -0.15) is 0 Å². The molecule has 0 unspecified atom stereocenters. The van der Waals surface area contributed by atoms with Crippen LogP contribution in [0, 0.1) is 0 Å². The first-order valence-electron chi connectivity index (χ1n) is 8.40. The summed E-state index contributed by atoms with van der Waals surface area (Å²) in [5, 5.41) is 2.20. The summed E-state index contributed by atoms with van der Waals surface area (Å²) in [4.78, 5) is 18.7. The Bertz CT molecular complexity index is 1050. The van der Waals surface area contributed by atoms with Gasteiger partial charge in [-0.1, -0.05) is 48.5 Å². The van der Waals surface area contributed by atoms with E-state index in [4.69, 9.17) is 4.74 Å². The van der Waals surface area contributed by atoms with Crippen molar-refractivity contribution in [2.24, 2.45) is 4.99 Å². The summed E-state index contributed by atoms with van der Waals surface area (Å²) in [7, 11) is 4.04. The van der Waals surface area contributed by atoms with Gasteiger partial charge in [0.25, 0.3) is 0 Å². The molecule has 26 heavy (non-hydrogen) atoms. The van der Waals surface area contributed by atoms with E-state index in [2.05, 4.69) is 28.1 Å². The number of rotatable bonds is 3. The van der Waals surface area contributed by atoms with Crippen molar-refractivity contribution >= 4 is 34.4 Å². The number of hydrogen-bond donors (Lipinski definition) is 0. The fourth-order valence-corrected chi connectivity index (χ4v) is 3.08. The van der Waals surface area contributed by atoms with E-state index in [1.54, 1.807) is 6.08 Å². The molecule has 1 heterocycles. The Morgan fingerprint density at radius 3 is 2.31 bits per heavy atom. The first kappa shape index (κ1) is 16.1. The third-order valence-electron chi connectivity index (χ3n) is 4.35. The maximum atomic E-state index is 12.3. The second kappa shape index (κ2) is 6.48. The largest absolute Gasteiger partial charge is 0.402 e. The average molecular weight is 342 g/mol. The second-order valence-electron chi connectivity index (χ2n) is 6.32. The number of carbonyl (C=O) groups is 1. The maximum Gasteiger partial charge on any atom is 0.363 e. The van der Waals surface area contributed by atoms with E-state index in [1.165, 1.54) is 0 Å². The van der Waals surface area contributed by atoms with Crippen molar-refractivity contribution in [3.05, 3.63) is 83.6 Å². The van der Waals surface area contributed by atoms with Crippen LogP contribution in [0.25, 0.3) is 16.8 Å². The topological polar surface area (TPSA) is 41.9 Å². The number of anilines is 1. The lowest BCUT2D eigenvalue weighted by Gasteiger charge is -2.16. The molecule has 0 bridgehead atoms. The summed E-state index contributed by atoms with van der Waals surface area (Å²) in [5.41, 5.74) is 3.17. The molecule has 0 amide bonds.